The maximum absolute atomic E-state index is 3.75. The van der Waals surface area contributed by atoms with Crippen molar-refractivity contribution in [2.45, 2.75) is 72.0 Å². The lowest BCUT2D eigenvalue weighted by Crippen LogP contribution is -2.67. The molecular weight excluding hydrogens is 256 g/mol. The topological polar surface area (TPSA) is 15.3 Å². The van der Waals surface area contributed by atoms with Gasteiger partial charge in [0.2, 0.25) is 0 Å². The summed E-state index contributed by atoms with van der Waals surface area (Å²) in [4.78, 5) is 2.73. The fourth-order valence-electron chi connectivity index (χ4n) is 3.68. The van der Waals surface area contributed by atoms with Crippen LogP contribution in [-0.2, 0) is 6.54 Å². The minimum atomic E-state index is 0.199. The number of nitrogens with zero attached hydrogens (tertiary/aromatic N) is 1. The van der Waals surface area contributed by atoms with Crippen LogP contribution in [0.5, 0.6) is 0 Å². The zero-order valence-electron chi connectivity index (χ0n) is 14.7. The second-order valence-electron chi connectivity index (χ2n) is 7.40. The molecule has 21 heavy (non-hydrogen) atoms. The molecule has 1 saturated heterocycles. The summed E-state index contributed by atoms with van der Waals surface area (Å²) >= 11 is 0. The molecule has 0 saturated carbocycles. The van der Waals surface area contributed by atoms with E-state index in [2.05, 4.69) is 70.0 Å². The Labute approximate surface area is 130 Å². The Morgan fingerprint density at radius 3 is 2.19 bits per heavy atom. The Bertz CT molecular complexity index is 466. The Kier molecular flexibility index (Phi) is 4.79. The highest BCUT2D eigenvalue weighted by molar-refractivity contribution is 5.33. The van der Waals surface area contributed by atoms with Gasteiger partial charge in [0.1, 0.15) is 0 Å². The van der Waals surface area contributed by atoms with E-state index in [-0.39, 0.29) is 5.54 Å². The largest absolute Gasteiger partial charge is 0.309 e. The van der Waals surface area contributed by atoms with E-state index < -0.39 is 0 Å². The fraction of sp³-hybridized carbons (Fsp3) is 0.684. The van der Waals surface area contributed by atoms with Crippen molar-refractivity contribution in [1.82, 2.24) is 10.2 Å². The third kappa shape index (κ3) is 3.32. The number of hydrogen-bond donors (Lipinski definition) is 1. The van der Waals surface area contributed by atoms with Gasteiger partial charge in [-0.25, -0.2) is 0 Å². The Hall–Kier alpha value is -0.860. The van der Waals surface area contributed by atoms with E-state index in [0.717, 1.165) is 19.6 Å². The van der Waals surface area contributed by atoms with Gasteiger partial charge in [-0.3, -0.25) is 4.90 Å². The van der Waals surface area contributed by atoms with Gasteiger partial charge in [-0.1, -0.05) is 32.0 Å². The summed E-state index contributed by atoms with van der Waals surface area (Å²) in [7, 11) is 0. The predicted molar refractivity (Wildman–Crippen MR) is 91.7 cm³/mol. The molecular formula is C19H32N2. The average molecular weight is 288 g/mol. The first-order valence-electron chi connectivity index (χ1n) is 8.39. The van der Waals surface area contributed by atoms with Gasteiger partial charge in [0.15, 0.2) is 0 Å². The van der Waals surface area contributed by atoms with Crippen molar-refractivity contribution in [3.05, 3.63) is 34.9 Å². The van der Waals surface area contributed by atoms with E-state index in [1.54, 1.807) is 0 Å². The van der Waals surface area contributed by atoms with E-state index in [4.69, 9.17) is 0 Å². The van der Waals surface area contributed by atoms with E-state index in [9.17, 15) is 0 Å². The van der Waals surface area contributed by atoms with Gasteiger partial charge >= 0.3 is 0 Å². The minimum Gasteiger partial charge on any atom is -0.309 e. The Balaban J connectivity index is 2.32. The molecule has 1 aromatic carbocycles. The molecule has 118 valence electrons. The van der Waals surface area contributed by atoms with Crippen LogP contribution in [0.3, 0.4) is 0 Å². The van der Waals surface area contributed by atoms with Gasteiger partial charge in [-0.05, 0) is 57.2 Å². The lowest BCUT2D eigenvalue weighted by molar-refractivity contribution is 0.00208. The summed E-state index contributed by atoms with van der Waals surface area (Å²) in [5.74, 6) is 0. The summed E-state index contributed by atoms with van der Waals surface area (Å²) in [6.07, 6.45) is 2.41. The zero-order valence-corrected chi connectivity index (χ0v) is 14.7. The lowest BCUT2D eigenvalue weighted by Gasteiger charge is -2.53. The van der Waals surface area contributed by atoms with Gasteiger partial charge in [0, 0.05) is 30.7 Å². The molecule has 0 aromatic heterocycles. The Morgan fingerprint density at radius 2 is 1.67 bits per heavy atom. The molecule has 2 nitrogen and oxygen atoms in total. The minimum absolute atomic E-state index is 0.199. The van der Waals surface area contributed by atoms with Crippen LogP contribution in [0.2, 0.25) is 0 Å². The van der Waals surface area contributed by atoms with Crippen LogP contribution < -0.4 is 5.32 Å². The lowest BCUT2D eigenvalue weighted by atomic mass is 9.83. The van der Waals surface area contributed by atoms with Crippen molar-refractivity contribution in [3.8, 4) is 0 Å². The van der Waals surface area contributed by atoms with Gasteiger partial charge in [0.05, 0.1) is 0 Å². The summed E-state index contributed by atoms with van der Waals surface area (Å²) in [6, 6.07) is 6.66. The molecule has 1 aromatic rings. The van der Waals surface area contributed by atoms with Crippen LogP contribution in [0.4, 0.5) is 0 Å². The summed E-state index contributed by atoms with van der Waals surface area (Å²) in [5, 5.41) is 3.75. The highest BCUT2D eigenvalue weighted by atomic mass is 15.3. The van der Waals surface area contributed by atoms with Crippen molar-refractivity contribution in [2.24, 2.45) is 0 Å². The predicted octanol–water partition coefficient (Wildman–Crippen LogP) is 4.05. The highest BCUT2D eigenvalue weighted by Gasteiger charge is 2.41. The zero-order chi connectivity index (χ0) is 15.7. The average Bonchev–Trinajstić information content (AvgIpc) is 2.43. The van der Waals surface area contributed by atoms with Gasteiger partial charge in [0.25, 0.3) is 0 Å². The molecule has 1 heterocycles. The molecule has 0 amide bonds. The normalized spacial score (nSPS) is 21.4. The quantitative estimate of drug-likeness (QED) is 0.899. The second kappa shape index (κ2) is 6.10. The highest BCUT2D eigenvalue weighted by Crippen LogP contribution is 2.32. The van der Waals surface area contributed by atoms with Crippen LogP contribution >= 0.6 is 0 Å². The molecule has 1 aliphatic rings. The molecule has 1 N–H and O–H groups in total. The van der Waals surface area contributed by atoms with Crippen LogP contribution in [0.25, 0.3) is 0 Å². The number of hydrogen-bond acceptors (Lipinski definition) is 2. The summed E-state index contributed by atoms with van der Waals surface area (Å²) in [6.45, 7) is 17.1. The van der Waals surface area contributed by atoms with Crippen molar-refractivity contribution in [3.63, 3.8) is 0 Å². The van der Waals surface area contributed by atoms with Crippen LogP contribution in [0.15, 0.2) is 18.2 Å². The smallest absolute Gasteiger partial charge is 0.0333 e. The molecule has 0 spiro atoms. The standard InChI is InChI=1S/C19H32N2/c1-7-19(8-2)13-20-18(5,6)14-21(19)12-17-15(3)10-9-11-16(17)4/h9-11,20H,7-8,12-14H2,1-6H3. The first-order chi connectivity index (χ1) is 9.83. The molecule has 0 unspecified atom stereocenters. The molecule has 0 atom stereocenters. The number of aryl methyl sites for hydroxylation is 2. The van der Waals surface area contributed by atoms with E-state index in [0.29, 0.717) is 5.54 Å². The maximum atomic E-state index is 3.75. The van der Waals surface area contributed by atoms with Gasteiger partial charge in [-0.2, -0.15) is 0 Å². The Morgan fingerprint density at radius 1 is 1.10 bits per heavy atom. The maximum Gasteiger partial charge on any atom is 0.0333 e. The summed E-state index contributed by atoms with van der Waals surface area (Å²) in [5.41, 5.74) is 4.86. The SMILES string of the molecule is CCC1(CC)CNC(C)(C)CN1Cc1c(C)cccc1C. The van der Waals surface area contributed by atoms with E-state index in [1.165, 1.54) is 29.5 Å². The number of nitrogens with one attached hydrogen (secondary N) is 1. The fourth-order valence-corrected chi connectivity index (χ4v) is 3.68. The first-order valence-corrected chi connectivity index (χ1v) is 8.39. The first kappa shape index (κ1) is 16.5. The van der Waals surface area contributed by atoms with Crippen molar-refractivity contribution < 1.29 is 0 Å². The monoisotopic (exact) mass is 288 g/mol. The van der Waals surface area contributed by atoms with Gasteiger partial charge < -0.3 is 5.32 Å². The van der Waals surface area contributed by atoms with Crippen LogP contribution in [0.1, 0.15) is 57.2 Å². The number of rotatable bonds is 4. The second-order valence-corrected chi connectivity index (χ2v) is 7.40. The van der Waals surface area contributed by atoms with Crippen LogP contribution in [0, 0.1) is 13.8 Å². The molecule has 2 heteroatoms. The molecule has 0 bridgehead atoms. The number of benzene rings is 1. The van der Waals surface area contributed by atoms with Crippen molar-refractivity contribution >= 4 is 0 Å². The summed E-state index contributed by atoms with van der Waals surface area (Å²) < 4.78 is 0. The molecule has 0 aliphatic carbocycles. The molecule has 1 fully saturated rings. The third-order valence-corrected chi connectivity index (χ3v) is 5.46. The molecule has 2 rings (SSSR count). The molecule has 0 radical (unpaired) electrons. The number of piperazine rings is 1. The van der Waals surface area contributed by atoms with E-state index in [1.807, 2.05) is 0 Å². The third-order valence-electron chi connectivity index (χ3n) is 5.46. The van der Waals surface area contributed by atoms with Crippen LogP contribution in [-0.4, -0.2) is 29.1 Å². The van der Waals surface area contributed by atoms with Gasteiger partial charge in [-0.15, -0.1) is 0 Å². The van der Waals surface area contributed by atoms with Crippen molar-refractivity contribution in [1.29, 1.82) is 0 Å². The van der Waals surface area contributed by atoms with Crippen molar-refractivity contribution in [2.75, 3.05) is 13.1 Å². The molecule has 1 aliphatic heterocycles. The van der Waals surface area contributed by atoms with E-state index >= 15 is 0 Å².